The molecule has 0 amide bonds. The zero-order valence-corrected chi connectivity index (χ0v) is 10.0. The normalized spacial score (nSPS) is 10.5. The Hall–Kier alpha value is -1.97. The monoisotopic (exact) mass is 229 g/mol. The molecular weight excluding hydrogens is 214 g/mol. The minimum absolute atomic E-state index is 0.0456. The van der Waals surface area contributed by atoms with Gasteiger partial charge in [-0.1, -0.05) is 13.0 Å². The van der Waals surface area contributed by atoms with Crippen LogP contribution in [0.2, 0.25) is 0 Å². The molecule has 0 aliphatic heterocycles. The van der Waals surface area contributed by atoms with Gasteiger partial charge in [-0.25, -0.2) is 4.98 Å². The van der Waals surface area contributed by atoms with E-state index in [2.05, 4.69) is 15.0 Å². The van der Waals surface area contributed by atoms with E-state index in [4.69, 9.17) is 0 Å². The van der Waals surface area contributed by atoms with Crippen molar-refractivity contribution in [3.05, 3.63) is 57.5 Å². The van der Waals surface area contributed by atoms with Crippen LogP contribution in [0.1, 0.15) is 29.6 Å². The largest absolute Gasteiger partial charge is 0.310 e. The molecule has 0 aliphatic rings. The molecular formula is C13H15N3O. The van der Waals surface area contributed by atoms with E-state index in [1.54, 1.807) is 19.3 Å². The van der Waals surface area contributed by atoms with Crippen LogP contribution in [-0.2, 0) is 12.8 Å². The second-order valence-corrected chi connectivity index (χ2v) is 3.98. The summed E-state index contributed by atoms with van der Waals surface area (Å²) < 4.78 is 0. The standard InChI is InChI=1S/C13H15N3O/c1-3-11-9(2)13(17)16-12(15-11)7-10-5-4-6-14-8-10/h4-6,8H,3,7H2,1-2H3,(H,15,16,17). The van der Waals surface area contributed by atoms with E-state index in [0.29, 0.717) is 17.8 Å². The van der Waals surface area contributed by atoms with Crippen molar-refractivity contribution < 1.29 is 0 Å². The van der Waals surface area contributed by atoms with Gasteiger partial charge in [0.2, 0.25) is 0 Å². The zero-order chi connectivity index (χ0) is 12.3. The van der Waals surface area contributed by atoms with Crippen molar-refractivity contribution >= 4 is 0 Å². The van der Waals surface area contributed by atoms with Crippen LogP contribution in [0.4, 0.5) is 0 Å². The average molecular weight is 229 g/mol. The molecule has 0 aliphatic carbocycles. The Morgan fingerprint density at radius 1 is 1.41 bits per heavy atom. The van der Waals surface area contributed by atoms with Crippen molar-refractivity contribution in [2.45, 2.75) is 26.7 Å². The number of rotatable bonds is 3. The van der Waals surface area contributed by atoms with E-state index in [1.165, 1.54) is 0 Å². The van der Waals surface area contributed by atoms with Gasteiger partial charge in [0.25, 0.3) is 5.56 Å². The molecule has 4 heteroatoms. The SMILES string of the molecule is CCc1nc(Cc2cccnc2)[nH]c(=O)c1C. The summed E-state index contributed by atoms with van der Waals surface area (Å²) in [6.07, 6.45) is 4.89. The van der Waals surface area contributed by atoms with E-state index in [0.717, 1.165) is 17.7 Å². The number of pyridine rings is 1. The second-order valence-electron chi connectivity index (χ2n) is 3.98. The maximum Gasteiger partial charge on any atom is 0.254 e. The summed E-state index contributed by atoms with van der Waals surface area (Å²) in [7, 11) is 0. The summed E-state index contributed by atoms with van der Waals surface area (Å²) in [5.41, 5.74) is 2.58. The molecule has 0 radical (unpaired) electrons. The van der Waals surface area contributed by atoms with Crippen LogP contribution in [0.3, 0.4) is 0 Å². The Kier molecular flexibility index (Phi) is 3.32. The highest BCUT2D eigenvalue weighted by molar-refractivity contribution is 5.19. The van der Waals surface area contributed by atoms with E-state index < -0.39 is 0 Å². The maximum atomic E-state index is 11.7. The van der Waals surface area contributed by atoms with Crippen molar-refractivity contribution in [1.82, 2.24) is 15.0 Å². The second kappa shape index (κ2) is 4.91. The van der Waals surface area contributed by atoms with Gasteiger partial charge in [0, 0.05) is 24.4 Å². The lowest BCUT2D eigenvalue weighted by Gasteiger charge is -2.05. The van der Waals surface area contributed by atoms with Crippen LogP contribution in [0.25, 0.3) is 0 Å². The minimum atomic E-state index is -0.0456. The van der Waals surface area contributed by atoms with Gasteiger partial charge in [0.05, 0.1) is 5.69 Å². The smallest absolute Gasteiger partial charge is 0.254 e. The molecule has 0 spiro atoms. The molecule has 0 aromatic carbocycles. The van der Waals surface area contributed by atoms with Gasteiger partial charge in [-0.3, -0.25) is 9.78 Å². The summed E-state index contributed by atoms with van der Waals surface area (Å²) >= 11 is 0. The van der Waals surface area contributed by atoms with Crippen molar-refractivity contribution in [2.75, 3.05) is 0 Å². The molecule has 17 heavy (non-hydrogen) atoms. The third-order valence-corrected chi connectivity index (χ3v) is 2.73. The highest BCUT2D eigenvalue weighted by Gasteiger charge is 2.06. The van der Waals surface area contributed by atoms with Gasteiger partial charge in [-0.15, -0.1) is 0 Å². The summed E-state index contributed by atoms with van der Waals surface area (Å²) in [5, 5.41) is 0. The molecule has 2 aromatic rings. The van der Waals surface area contributed by atoms with Crippen molar-refractivity contribution in [1.29, 1.82) is 0 Å². The summed E-state index contributed by atoms with van der Waals surface area (Å²) in [6.45, 7) is 3.81. The lowest BCUT2D eigenvalue weighted by Crippen LogP contribution is -2.17. The highest BCUT2D eigenvalue weighted by Crippen LogP contribution is 2.05. The fraction of sp³-hybridized carbons (Fsp3) is 0.308. The number of nitrogens with one attached hydrogen (secondary N) is 1. The number of aromatic nitrogens is 3. The number of nitrogens with zero attached hydrogens (tertiary/aromatic N) is 2. The predicted molar refractivity (Wildman–Crippen MR) is 66.0 cm³/mol. The lowest BCUT2D eigenvalue weighted by atomic mass is 10.1. The molecule has 0 atom stereocenters. The molecule has 1 N–H and O–H groups in total. The van der Waals surface area contributed by atoms with Gasteiger partial charge in [-0.2, -0.15) is 0 Å². The van der Waals surface area contributed by atoms with E-state index in [9.17, 15) is 4.79 Å². The van der Waals surface area contributed by atoms with Gasteiger partial charge < -0.3 is 4.98 Å². The number of hydrogen-bond donors (Lipinski definition) is 1. The Balaban J connectivity index is 2.34. The molecule has 2 rings (SSSR count). The Labute approximate surface area is 99.8 Å². The van der Waals surface area contributed by atoms with E-state index >= 15 is 0 Å². The number of aryl methyl sites for hydroxylation is 1. The first-order chi connectivity index (χ1) is 8.20. The van der Waals surface area contributed by atoms with Gasteiger partial charge in [-0.05, 0) is 25.0 Å². The first-order valence-corrected chi connectivity index (χ1v) is 5.68. The molecule has 0 unspecified atom stereocenters. The molecule has 88 valence electrons. The summed E-state index contributed by atoms with van der Waals surface area (Å²) in [5.74, 6) is 0.699. The quantitative estimate of drug-likeness (QED) is 0.870. The number of H-pyrrole nitrogens is 1. The summed E-state index contributed by atoms with van der Waals surface area (Å²) in [6, 6.07) is 3.85. The first kappa shape index (κ1) is 11.5. The number of aromatic amines is 1. The third-order valence-electron chi connectivity index (χ3n) is 2.73. The van der Waals surface area contributed by atoms with Crippen LogP contribution >= 0.6 is 0 Å². The molecule has 2 aromatic heterocycles. The van der Waals surface area contributed by atoms with Gasteiger partial charge >= 0.3 is 0 Å². The van der Waals surface area contributed by atoms with Crippen LogP contribution in [0.5, 0.6) is 0 Å². The van der Waals surface area contributed by atoms with Gasteiger partial charge in [0.15, 0.2) is 0 Å². The van der Waals surface area contributed by atoms with Crippen molar-refractivity contribution in [3.8, 4) is 0 Å². The first-order valence-electron chi connectivity index (χ1n) is 5.68. The van der Waals surface area contributed by atoms with Crippen LogP contribution < -0.4 is 5.56 Å². The van der Waals surface area contributed by atoms with Crippen molar-refractivity contribution in [3.63, 3.8) is 0 Å². The Bertz CT molecular complexity index is 561. The molecule has 0 saturated heterocycles. The van der Waals surface area contributed by atoms with Crippen LogP contribution in [0.15, 0.2) is 29.3 Å². The maximum absolute atomic E-state index is 11.7. The fourth-order valence-electron chi connectivity index (χ4n) is 1.75. The average Bonchev–Trinajstić information content (AvgIpc) is 2.35. The molecule has 0 saturated carbocycles. The van der Waals surface area contributed by atoms with Crippen molar-refractivity contribution in [2.24, 2.45) is 0 Å². The molecule has 2 heterocycles. The molecule has 4 nitrogen and oxygen atoms in total. The fourth-order valence-corrected chi connectivity index (χ4v) is 1.75. The zero-order valence-electron chi connectivity index (χ0n) is 10.0. The third kappa shape index (κ3) is 2.58. The van der Waals surface area contributed by atoms with E-state index in [1.807, 2.05) is 19.1 Å². The minimum Gasteiger partial charge on any atom is -0.310 e. The molecule has 0 fully saturated rings. The molecule has 0 bridgehead atoms. The Morgan fingerprint density at radius 3 is 2.88 bits per heavy atom. The highest BCUT2D eigenvalue weighted by atomic mass is 16.1. The van der Waals surface area contributed by atoms with Crippen LogP contribution in [-0.4, -0.2) is 15.0 Å². The van der Waals surface area contributed by atoms with E-state index in [-0.39, 0.29) is 5.56 Å². The van der Waals surface area contributed by atoms with Crippen LogP contribution in [0, 0.1) is 6.92 Å². The predicted octanol–water partition coefficient (Wildman–Crippen LogP) is 1.63. The number of hydrogen-bond acceptors (Lipinski definition) is 3. The summed E-state index contributed by atoms with van der Waals surface area (Å²) in [4.78, 5) is 23.0. The Morgan fingerprint density at radius 2 is 2.24 bits per heavy atom. The van der Waals surface area contributed by atoms with Gasteiger partial charge in [0.1, 0.15) is 5.82 Å². The lowest BCUT2D eigenvalue weighted by molar-refractivity contribution is 0.866. The topological polar surface area (TPSA) is 58.6 Å².